The molecule has 0 atom stereocenters. The number of rotatable bonds is 6. The number of anilines is 1. The number of hydrogen-bond acceptors (Lipinski definition) is 4. The Balaban J connectivity index is 1.79. The maximum absolute atomic E-state index is 12.9. The maximum Gasteiger partial charge on any atom is 0.316 e. The largest absolute Gasteiger partial charge is 0.455 e. The van der Waals surface area contributed by atoms with Crippen molar-refractivity contribution in [3.63, 3.8) is 0 Å². The monoisotopic (exact) mass is 381 g/mol. The van der Waals surface area contributed by atoms with Crippen molar-refractivity contribution in [3.05, 3.63) is 58.4 Å². The van der Waals surface area contributed by atoms with Crippen LogP contribution >= 0.6 is 23.4 Å². The summed E-state index contributed by atoms with van der Waals surface area (Å²) >= 11 is 7.18. The third-order valence-electron chi connectivity index (χ3n) is 3.26. The first-order chi connectivity index (χ1) is 11.8. The molecule has 7 heteroatoms. The molecule has 2 aromatic carbocycles. The predicted octanol–water partition coefficient (Wildman–Crippen LogP) is 4.37. The number of nitrogens with one attached hydrogen (secondary N) is 1. The molecule has 0 aromatic heterocycles. The number of hydrogen-bond donors (Lipinski definition) is 1. The lowest BCUT2D eigenvalue weighted by Gasteiger charge is -2.09. The van der Waals surface area contributed by atoms with E-state index in [0.29, 0.717) is 0 Å². The highest BCUT2D eigenvalue weighted by Crippen LogP contribution is 2.24. The number of carbonyl (C=O) groups is 2. The number of thioether (sulfide) groups is 1. The van der Waals surface area contributed by atoms with E-state index in [-0.39, 0.29) is 16.5 Å². The van der Waals surface area contributed by atoms with Gasteiger partial charge in [0.25, 0.3) is 5.91 Å². The molecule has 1 amide bonds. The highest BCUT2D eigenvalue weighted by Gasteiger charge is 2.11. The van der Waals surface area contributed by atoms with Crippen LogP contribution in [0.25, 0.3) is 0 Å². The second-order valence-electron chi connectivity index (χ2n) is 5.39. The van der Waals surface area contributed by atoms with Crippen LogP contribution < -0.4 is 5.32 Å². The molecule has 0 fully saturated rings. The molecule has 132 valence electrons. The fourth-order valence-electron chi connectivity index (χ4n) is 1.96. The molecule has 0 bridgehead atoms. The summed E-state index contributed by atoms with van der Waals surface area (Å²) in [7, 11) is 0. The van der Waals surface area contributed by atoms with E-state index in [0.717, 1.165) is 22.1 Å². The van der Waals surface area contributed by atoms with Crippen molar-refractivity contribution < 1.29 is 18.7 Å². The van der Waals surface area contributed by atoms with Gasteiger partial charge in [0, 0.05) is 4.90 Å². The molecule has 1 N–H and O–H groups in total. The quantitative estimate of drug-likeness (QED) is 0.596. The average Bonchev–Trinajstić information content (AvgIpc) is 2.56. The molecule has 0 unspecified atom stereocenters. The van der Waals surface area contributed by atoms with Gasteiger partial charge in [0.1, 0.15) is 5.82 Å². The summed E-state index contributed by atoms with van der Waals surface area (Å²) in [4.78, 5) is 24.6. The number of carbonyl (C=O) groups excluding carboxylic acids is 2. The molecule has 0 saturated carbocycles. The fraction of sp³-hybridized carbons (Fsp3) is 0.222. The van der Waals surface area contributed by atoms with Crippen LogP contribution in [0.5, 0.6) is 0 Å². The van der Waals surface area contributed by atoms with Gasteiger partial charge in [0.05, 0.1) is 16.5 Å². The lowest BCUT2D eigenvalue weighted by molar-refractivity contribution is -0.144. The Hall–Kier alpha value is -2.05. The summed E-state index contributed by atoms with van der Waals surface area (Å²) in [6.45, 7) is 3.51. The summed E-state index contributed by atoms with van der Waals surface area (Å²) in [6.07, 6.45) is 0. The Morgan fingerprint density at radius 1 is 1.20 bits per heavy atom. The summed E-state index contributed by atoms with van der Waals surface area (Å²) in [6, 6.07) is 9.59. The van der Waals surface area contributed by atoms with Crippen LogP contribution in [0.3, 0.4) is 0 Å². The SMILES string of the molecule is Cc1ccc(C)c(SCC(=O)OCC(=O)Nc2ccc(F)cc2Cl)c1. The van der Waals surface area contributed by atoms with Crippen LogP contribution in [-0.4, -0.2) is 24.2 Å². The van der Waals surface area contributed by atoms with Crippen LogP contribution in [0.2, 0.25) is 5.02 Å². The minimum absolute atomic E-state index is 0.0742. The third-order valence-corrected chi connectivity index (χ3v) is 4.70. The van der Waals surface area contributed by atoms with Crippen molar-refractivity contribution in [2.45, 2.75) is 18.7 Å². The van der Waals surface area contributed by atoms with Gasteiger partial charge in [-0.1, -0.05) is 29.3 Å². The van der Waals surface area contributed by atoms with E-state index < -0.39 is 24.3 Å². The van der Waals surface area contributed by atoms with E-state index >= 15 is 0 Å². The van der Waals surface area contributed by atoms with Crippen molar-refractivity contribution in [1.29, 1.82) is 0 Å². The zero-order chi connectivity index (χ0) is 18.4. The number of aryl methyl sites for hydroxylation is 2. The predicted molar refractivity (Wildman–Crippen MR) is 97.6 cm³/mol. The highest BCUT2D eigenvalue weighted by molar-refractivity contribution is 8.00. The lowest BCUT2D eigenvalue weighted by atomic mass is 10.2. The van der Waals surface area contributed by atoms with Gasteiger partial charge in [-0.15, -0.1) is 11.8 Å². The fourth-order valence-corrected chi connectivity index (χ4v) is 3.10. The topological polar surface area (TPSA) is 55.4 Å². The summed E-state index contributed by atoms with van der Waals surface area (Å²) < 4.78 is 17.9. The lowest BCUT2D eigenvalue weighted by Crippen LogP contribution is -2.21. The smallest absolute Gasteiger partial charge is 0.316 e. The Kier molecular flexibility index (Phi) is 6.84. The number of benzene rings is 2. The van der Waals surface area contributed by atoms with E-state index in [1.165, 1.54) is 23.9 Å². The molecule has 2 aromatic rings. The molecule has 25 heavy (non-hydrogen) atoms. The van der Waals surface area contributed by atoms with Gasteiger partial charge < -0.3 is 10.1 Å². The van der Waals surface area contributed by atoms with E-state index in [1.54, 1.807) is 0 Å². The molecule has 0 spiro atoms. The normalized spacial score (nSPS) is 10.4. The van der Waals surface area contributed by atoms with E-state index in [4.69, 9.17) is 16.3 Å². The molecule has 0 aliphatic heterocycles. The minimum atomic E-state index is -0.543. The first-order valence-electron chi connectivity index (χ1n) is 7.45. The summed E-state index contributed by atoms with van der Waals surface area (Å²) in [5.74, 6) is -1.43. The first-order valence-corrected chi connectivity index (χ1v) is 8.82. The minimum Gasteiger partial charge on any atom is -0.455 e. The Morgan fingerprint density at radius 2 is 1.96 bits per heavy atom. The summed E-state index contributed by atoms with van der Waals surface area (Å²) in [5, 5.41) is 2.54. The van der Waals surface area contributed by atoms with Gasteiger partial charge in [0.2, 0.25) is 0 Å². The maximum atomic E-state index is 12.9. The average molecular weight is 382 g/mol. The van der Waals surface area contributed by atoms with Crippen molar-refractivity contribution in [3.8, 4) is 0 Å². The van der Waals surface area contributed by atoms with E-state index in [9.17, 15) is 14.0 Å². The van der Waals surface area contributed by atoms with Crippen LogP contribution in [0.1, 0.15) is 11.1 Å². The number of ether oxygens (including phenoxy) is 1. The van der Waals surface area contributed by atoms with Crippen LogP contribution in [-0.2, 0) is 14.3 Å². The zero-order valence-corrected chi connectivity index (χ0v) is 15.3. The number of amides is 1. The van der Waals surface area contributed by atoms with Crippen molar-refractivity contribution in [2.24, 2.45) is 0 Å². The van der Waals surface area contributed by atoms with Crippen molar-refractivity contribution in [1.82, 2.24) is 0 Å². The van der Waals surface area contributed by atoms with Gasteiger partial charge in [-0.2, -0.15) is 0 Å². The van der Waals surface area contributed by atoms with Crippen LogP contribution in [0, 0.1) is 19.7 Å². The molecule has 0 heterocycles. The molecule has 0 saturated heterocycles. The van der Waals surface area contributed by atoms with Gasteiger partial charge in [-0.25, -0.2) is 4.39 Å². The summed E-state index contributed by atoms with van der Waals surface area (Å²) in [5.41, 5.74) is 2.44. The Labute approximate surface area is 154 Å². The van der Waals surface area contributed by atoms with E-state index in [1.807, 2.05) is 32.0 Å². The van der Waals surface area contributed by atoms with Crippen LogP contribution in [0.15, 0.2) is 41.3 Å². The molecular weight excluding hydrogens is 365 g/mol. The van der Waals surface area contributed by atoms with E-state index in [2.05, 4.69) is 5.32 Å². The molecule has 0 aliphatic carbocycles. The molecule has 0 aliphatic rings. The molecule has 0 radical (unpaired) electrons. The van der Waals surface area contributed by atoms with Crippen molar-refractivity contribution in [2.75, 3.05) is 17.7 Å². The second-order valence-corrected chi connectivity index (χ2v) is 6.82. The highest BCUT2D eigenvalue weighted by atomic mass is 35.5. The van der Waals surface area contributed by atoms with Crippen LogP contribution in [0.4, 0.5) is 10.1 Å². The van der Waals surface area contributed by atoms with Gasteiger partial charge in [0.15, 0.2) is 6.61 Å². The Bertz CT molecular complexity index is 798. The van der Waals surface area contributed by atoms with Crippen molar-refractivity contribution >= 4 is 40.9 Å². The molecular formula is C18H17ClFNO3S. The van der Waals surface area contributed by atoms with Gasteiger partial charge >= 0.3 is 5.97 Å². The number of halogens is 2. The van der Waals surface area contributed by atoms with Gasteiger partial charge in [-0.3, -0.25) is 9.59 Å². The standard InChI is InChI=1S/C18H17ClFNO3S/c1-11-3-4-12(2)16(7-11)25-10-18(23)24-9-17(22)21-15-6-5-13(20)8-14(15)19/h3-8H,9-10H2,1-2H3,(H,21,22). The second kappa shape index (κ2) is 8.87. The van der Waals surface area contributed by atoms with Gasteiger partial charge in [-0.05, 0) is 43.7 Å². The zero-order valence-electron chi connectivity index (χ0n) is 13.8. The third kappa shape index (κ3) is 6.07. The molecule has 2 rings (SSSR count). The number of esters is 1. The first kappa shape index (κ1) is 19.3. The Morgan fingerprint density at radius 3 is 2.68 bits per heavy atom. The molecule has 4 nitrogen and oxygen atoms in total.